The number of ether oxygens (including phenoxy) is 1. The zero-order valence-corrected chi connectivity index (χ0v) is 23.9. The fourth-order valence-corrected chi connectivity index (χ4v) is 7.01. The summed E-state index contributed by atoms with van der Waals surface area (Å²) in [6.07, 6.45) is 0.226. The Labute approximate surface area is 247 Å². The van der Waals surface area contributed by atoms with Crippen molar-refractivity contribution in [1.29, 1.82) is 0 Å². The molecule has 10 heteroatoms. The maximum Gasteiger partial charge on any atom is 0.319 e. The number of amides is 1. The zero-order valence-electron chi connectivity index (χ0n) is 23.1. The van der Waals surface area contributed by atoms with Crippen LogP contribution >= 0.6 is 11.6 Å². The van der Waals surface area contributed by atoms with Crippen LogP contribution in [0.4, 0.5) is 14.6 Å². The van der Waals surface area contributed by atoms with Gasteiger partial charge in [0.25, 0.3) is 5.91 Å². The van der Waals surface area contributed by atoms with Gasteiger partial charge in [0, 0.05) is 41.5 Å². The number of anilines is 1. The Hall–Kier alpha value is -3.82. The van der Waals surface area contributed by atoms with E-state index in [1.165, 1.54) is 0 Å². The molecule has 1 amide bonds. The van der Waals surface area contributed by atoms with Crippen molar-refractivity contribution in [3.05, 3.63) is 72.0 Å². The normalized spacial score (nSPS) is 23.8. The first kappa shape index (κ1) is 27.0. The molecule has 0 spiro atoms. The summed E-state index contributed by atoms with van der Waals surface area (Å²) in [5.74, 6) is -0.884. The van der Waals surface area contributed by atoms with Gasteiger partial charge in [0.15, 0.2) is 5.83 Å². The predicted octanol–water partition coefficient (Wildman–Crippen LogP) is 5.80. The fourth-order valence-electron chi connectivity index (χ4n) is 6.73. The molecule has 4 atom stereocenters. The van der Waals surface area contributed by atoms with Crippen molar-refractivity contribution in [2.75, 3.05) is 38.2 Å². The van der Waals surface area contributed by atoms with Crippen LogP contribution < -0.4 is 9.64 Å². The molecule has 216 valence electrons. The van der Waals surface area contributed by atoms with Crippen molar-refractivity contribution in [3.63, 3.8) is 0 Å². The SMILES string of the molecule is C=C(F)C(=O)N1CC[C@@H]2[C@H]1CN2c1nc(OC[C@@H]2C[C@@H](F)CN2C)nc2cc(-c3cccc4cccc(Cl)c34)ccc12. The quantitative estimate of drug-likeness (QED) is 0.265. The summed E-state index contributed by atoms with van der Waals surface area (Å²) in [7, 11) is 1.89. The third kappa shape index (κ3) is 4.55. The number of rotatable bonds is 6. The van der Waals surface area contributed by atoms with E-state index in [9.17, 15) is 13.6 Å². The van der Waals surface area contributed by atoms with E-state index in [0.29, 0.717) is 48.8 Å². The topological polar surface area (TPSA) is 61.8 Å². The molecule has 4 aromatic rings. The molecule has 3 fully saturated rings. The van der Waals surface area contributed by atoms with Gasteiger partial charge in [0.1, 0.15) is 18.6 Å². The minimum atomic E-state index is -0.939. The van der Waals surface area contributed by atoms with E-state index in [1.807, 2.05) is 66.5 Å². The molecule has 42 heavy (non-hydrogen) atoms. The minimum absolute atomic E-state index is 0.00376. The van der Waals surface area contributed by atoms with Crippen LogP contribution in [0, 0.1) is 0 Å². The number of fused-ring (bicyclic) bond motifs is 3. The number of hydrogen-bond acceptors (Lipinski definition) is 6. The molecule has 1 aromatic heterocycles. The molecule has 7 nitrogen and oxygen atoms in total. The highest BCUT2D eigenvalue weighted by molar-refractivity contribution is 6.36. The van der Waals surface area contributed by atoms with Crippen LogP contribution in [0.1, 0.15) is 12.8 Å². The van der Waals surface area contributed by atoms with Gasteiger partial charge < -0.3 is 14.5 Å². The molecule has 3 aliphatic rings. The Morgan fingerprint density at radius 1 is 1.12 bits per heavy atom. The van der Waals surface area contributed by atoms with Gasteiger partial charge in [-0.05, 0) is 54.6 Å². The number of nitrogens with zero attached hydrogens (tertiary/aromatic N) is 5. The minimum Gasteiger partial charge on any atom is -0.462 e. The average molecular weight is 590 g/mol. The van der Waals surface area contributed by atoms with Crippen molar-refractivity contribution < 1.29 is 18.3 Å². The molecular weight excluding hydrogens is 560 g/mol. The number of benzene rings is 3. The van der Waals surface area contributed by atoms with Crippen LogP contribution in [0.15, 0.2) is 67.0 Å². The molecule has 3 aromatic carbocycles. The van der Waals surface area contributed by atoms with Crippen LogP contribution in [0.2, 0.25) is 5.02 Å². The second kappa shape index (κ2) is 10.5. The first-order chi connectivity index (χ1) is 20.3. The summed E-state index contributed by atoms with van der Waals surface area (Å²) in [6, 6.07) is 18.1. The average Bonchev–Trinajstić information content (AvgIpc) is 3.47. The molecule has 7 rings (SSSR count). The largest absolute Gasteiger partial charge is 0.462 e. The first-order valence-corrected chi connectivity index (χ1v) is 14.5. The lowest BCUT2D eigenvalue weighted by atomic mass is 9.95. The van der Waals surface area contributed by atoms with E-state index in [0.717, 1.165) is 27.3 Å². The molecule has 0 unspecified atom stereocenters. The standard InChI is InChI=1S/C32H30ClF2N5O2/c1-18(34)31(41)39-12-11-27-28(39)16-40(27)30-24-10-9-20(23-7-3-5-19-6-4-8-25(33)29(19)23)13-26(24)36-32(37-30)42-17-22-14-21(35)15-38(22)2/h3-10,13,21-22,27-28H,1,11-12,14-17H2,2H3/t21-,22+,27-,28-/m1/s1. The molecule has 0 aliphatic carbocycles. The van der Waals surface area contributed by atoms with E-state index in [1.54, 1.807) is 4.90 Å². The second-order valence-electron chi connectivity index (χ2n) is 11.4. The predicted molar refractivity (Wildman–Crippen MR) is 160 cm³/mol. The summed E-state index contributed by atoms with van der Waals surface area (Å²) < 4.78 is 33.7. The Morgan fingerprint density at radius 2 is 1.93 bits per heavy atom. The van der Waals surface area contributed by atoms with Crippen LogP contribution in [0.5, 0.6) is 6.01 Å². The van der Waals surface area contributed by atoms with E-state index >= 15 is 0 Å². The van der Waals surface area contributed by atoms with Gasteiger partial charge in [0.2, 0.25) is 0 Å². The van der Waals surface area contributed by atoms with Crippen LogP contribution in [0.3, 0.4) is 0 Å². The van der Waals surface area contributed by atoms with Gasteiger partial charge in [-0.1, -0.05) is 54.6 Å². The lowest BCUT2D eigenvalue weighted by molar-refractivity contribution is -0.130. The summed E-state index contributed by atoms with van der Waals surface area (Å²) in [5.41, 5.74) is 2.64. The molecule has 0 bridgehead atoms. The van der Waals surface area contributed by atoms with Crippen molar-refractivity contribution in [2.45, 2.75) is 37.1 Å². The lowest BCUT2D eigenvalue weighted by Gasteiger charge is -2.47. The van der Waals surface area contributed by atoms with Gasteiger partial charge in [0.05, 0.1) is 17.6 Å². The molecular formula is C32H30ClF2N5O2. The highest BCUT2D eigenvalue weighted by Crippen LogP contribution is 2.41. The van der Waals surface area contributed by atoms with Crippen LogP contribution in [-0.4, -0.2) is 83.3 Å². The Morgan fingerprint density at radius 3 is 2.69 bits per heavy atom. The second-order valence-corrected chi connectivity index (χ2v) is 11.8. The molecule has 0 radical (unpaired) electrons. The number of alkyl halides is 1. The number of aromatic nitrogens is 2. The number of carbonyl (C=O) groups is 1. The highest BCUT2D eigenvalue weighted by atomic mass is 35.5. The molecule has 0 saturated carbocycles. The van der Waals surface area contributed by atoms with Gasteiger partial charge in [-0.15, -0.1) is 0 Å². The van der Waals surface area contributed by atoms with Gasteiger partial charge in [-0.3, -0.25) is 9.69 Å². The monoisotopic (exact) mass is 589 g/mol. The number of hydrogen-bond donors (Lipinski definition) is 0. The van der Waals surface area contributed by atoms with Crippen LogP contribution in [-0.2, 0) is 4.79 Å². The maximum atomic E-state index is 14.0. The number of likely N-dealkylation sites (tertiary alicyclic amines) is 2. The van der Waals surface area contributed by atoms with Crippen molar-refractivity contribution in [2.24, 2.45) is 0 Å². The number of carbonyl (C=O) groups excluding carboxylic acids is 1. The smallest absolute Gasteiger partial charge is 0.319 e. The summed E-state index contributed by atoms with van der Waals surface area (Å²) in [4.78, 5) is 27.6. The lowest BCUT2D eigenvalue weighted by Crippen LogP contribution is -2.63. The first-order valence-electron chi connectivity index (χ1n) is 14.2. The van der Waals surface area contributed by atoms with E-state index < -0.39 is 17.9 Å². The van der Waals surface area contributed by atoms with Crippen LogP contribution in [0.25, 0.3) is 32.8 Å². The van der Waals surface area contributed by atoms with Crippen molar-refractivity contribution in [1.82, 2.24) is 19.8 Å². The zero-order chi connectivity index (χ0) is 29.1. The van der Waals surface area contributed by atoms with Gasteiger partial charge in [-0.25, -0.2) is 8.78 Å². The van der Waals surface area contributed by atoms with Gasteiger partial charge >= 0.3 is 6.01 Å². The number of halogens is 3. The van der Waals surface area contributed by atoms with Gasteiger partial charge in [-0.2, -0.15) is 9.97 Å². The van der Waals surface area contributed by atoms with E-state index in [2.05, 4.69) is 11.5 Å². The Balaban J connectivity index is 1.27. The summed E-state index contributed by atoms with van der Waals surface area (Å²) in [5, 5.41) is 3.53. The summed E-state index contributed by atoms with van der Waals surface area (Å²) >= 11 is 6.64. The summed E-state index contributed by atoms with van der Waals surface area (Å²) in [6.45, 7) is 4.82. The Kier molecular flexibility index (Phi) is 6.74. The molecule has 0 N–H and O–H groups in total. The fraction of sp³-hybridized carbons (Fsp3) is 0.344. The molecule has 3 aliphatic heterocycles. The molecule has 3 saturated heterocycles. The maximum absolute atomic E-state index is 14.0. The Bertz CT molecular complexity index is 1730. The highest BCUT2D eigenvalue weighted by Gasteiger charge is 2.50. The third-order valence-electron chi connectivity index (χ3n) is 8.92. The van der Waals surface area contributed by atoms with E-state index in [-0.39, 0.29) is 30.7 Å². The number of likely N-dealkylation sites (N-methyl/N-ethyl adjacent to an activating group) is 1. The van der Waals surface area contributed by atoms with E-state index in [4.69, 9.17) is 26.3 Å². The third-order valence-corrected chi connectivity index (χ3v) is 9.24. The molecule has 4 heterocycles. The van der Waals surface area contributed by atoms with Crippen molar-refractivity contribution >= 4 is 45.0 Å². The van der Waals surface area contributed by atoms with Crippen molar-refractivity contribution in [3.8, 4) is 17.1 Å².